The Labute approximate surface area is 73.7 Å². The smallest absolute Gasteiger partial charge is 0.272 e. The van der Waals surface area contributed by atoms with Gasteiger partial charge in [0.1, 0.15) is 0 Å². The van der Waals surface area contributed by atoms with Crippen molar-refractivity contribution in [1.82, 2.24) is 4.98 Å². The molecule has 0 bridgehead atoms. The number of rotatable bonds is 1. The van der Waals surface area contributed by atoms with Crippen molar-refractivity contribution in [2.24, 2.45) is 0 Å². The Balaban J connectivity index is 2.56. The maximum atomic E-state index is 11.9. The average molecular weight is 179 g/mol. The zero-order valence-corrected chi connectivity index (χ0v) is 6.72. The summed E-state index contributed by atoms with van der Waals surface area (Å²) < 4.78 is 23.8. The zero-order valence-electron chi connectivity index (χ0n) is 6.72. The van der Waals surface area contributed by atoms with E-state index in [1.807, 2.05) is 24.3 Å². The zero-order chi connectivity index (χ0) is 9.26. The molecule has 2 rings (SSSR count). The van der Waals surface area contributed by atoms with Gasteiger partial charge in [-0.3, -0.25) is 0 Å². The second kappa shape index (κ2) is 3.01. The molecule has 1 heterocycles. The Morgan fingerprint density at radius 1 is 1.23 bits per heavy atom. The first-order chi connectivity index (χ1) is 6.25. The number of H-pyrrole nitrogens is 1. The number of nitrogens with one attached hydrogen (secondary N) is 1. The molecule has 0 unspecified atom stereocenters. The largest absolute Gasteiger partial charge is 0.355 e. The molecule has 3 heteroatoms. The van der Waals surface area contributed by atoms with Crippen LogP contribution in [0.25, 0.3) is 17.0 Å². The minimum absolute atomic E-state index is 0.432. The van der Waals surface area contributed by atoms with E-state index >= 15 is 0 Å². The van der Waals surface area contributed by atoms with Gasteiger partial charge in [0.2, 0.25) is 0 Å². The number of halogens is 2. The maximum absolute atomic E-state index is 11.9. The topological polar surface area (TPSA) is 15.8 Å². The summed E-state index contributed by atoms with van der Waals surface area (Å²) in [5.74, 6) is 0. The van der Waals surface area contributed by atoms with Gasteiger partial charge in [-0.25, -0.2) is 0 Å². The lowest BCUT2D eigenvalue weighted by Gasteiger charge is -1.84. The van der Waals surface area contributed by atoms with Crippen LogP contribution >= 0.6 is 0 Å². The van der Waals surface area contributed by atoms with Crippen LogP contribution in [0.5, 0.6) is 0 Å². The van der Waals surface area contributed by atoms with E-state index < -0.39 is 6.08 Å². The fraction of sp³-hybridized carbons (Fsp3) is 0. The number of fused-ring (bicyclic) bond motifs is 1. The first-order valence-corrected chi connectivity index (χ1v) is 3.86. The standard InChI is InChI=1S/C10H7F2N/c11-10(12)6-8-5-7-3-1-2-4-9(7)13-8/h1-6,13H. The predicted molar refractivity (Wildman–Crippen MR) is 48.5 cm³/mol. The summed E-state index contributed by atoms with van der Waals surface area (Å²) in [5.41, 5.74) is 1.30. The monoisotopic (exact) mass is 179 g/mol. The van der Waals surface area contributed by atoms with E-state index in [0.717, 1.165) is 17.0 Å². The molecular formula is C10H7F2N. The summed E-state index contributed by atoms with van der Waals surface area (Å²) in [6, 6.07) is 9.14. The molecule has 1 N–H and O–H groups in total. The molecule has 0 fully saturated rings. The lowest BCUT2D eigenvalue weighted by Crippen LogP contribution is -1.69. The lowest BCUT2D eigenvalue weighted by molar-refractivity contribution is 0.429. The molecule has 0 saturated heterocycles. The van der Waals surface area contributed by atoms with E-state index in [1.54, 1.807) is 6.07 Å². The fourth-order valence-electron chi connectivity index (χ4n) is 1.29. The van der Waals surface area contributed by atoms with Gasteiger partial charge in [0.25, 0.3) is 6.08 Å². The first kappa shape index (κ1) is 7.98. The third-order valence-electron chi connectivity index (χ3n) is 1.82. The number of aromatic amines is 1. The van der Waals surface area contributed by atoms with Crippen molar-refractivity contribution in [2.45, 2.75) is 0 Å². The van der Waals surface area contributed by atoms with Crippen LogP contribution in [-0.2, 0) is 0 Å². The molecule has 0 amide bonds. The molecule has 66 valence electrons. The van der Waals surface area contributed by atoms with Gasteiger partial charge in [-0.05, 0) is 17.5 Å². The van der Waals surface area contributed by atoms with Crippen LogP contribution in [0, 0.1) is 0 Å². The van der Waals surface area contributed by atoms with Crippen molar-refractivity contribution in [3.63, 3.8) is 0 Å². The van der Waals surface area contributed by atoms with E-state index in [2.05, 4.69) is 4.98 Å². The second-order valence-corrected chi connectivity index (χ2v) is 2.75. The number of para-hydroxylation sites is 1. The molecule has 0 atom stereocenters. The van der Waals surface area contributed by atoms with Gasteiger partial charge >= 0.3 is 0 Å². The van der Waals surface area contributed by atoms with E-state index in [-0.39, 0.29) is 0 Å². The normalized spacial score (nSPS) is 10.3. The van der Waals surface area contributed by atoms with Gasteiger partial charge < -0.3 is 4.98 Å². The summed E-state index contributed by atoms with van der Waals surface area (Å²) in [6.45, 7) is 0. The van der Waals surface area contributed by atoms with Gasteiger partial charge in [0.05, 0.1) is 0 Å². The van der Waals surface area contributed by atoms with Crippen LogP contribution in [0.3, 0.4) is 0 Å². The van der Waals surface area contributed by atoms with Gasteiger partial charge in [-0.15, -0.1) is 0 Å². The van der Waals surface area contributed by atoms with Crippen molar-refractivity contribution < 1.29 is 8.78 Å². The van der Waals surface area contributed by atoms with Crippen LogP contribution in [0.2, 0.25) is 0 Å². The number of hydrogen-bond acceptors (Lipinski definition) is 0. The Hall–Kier alpha value is -1.64. The highest BCUT2D eigenvalue weighted by molar-refractivity contribution is 5.82. The first-order valence-electron chi connectivity index (χ1n) is 3.86. The van der Waals surface area contributed by atoms with Crippen LogP contribution in [-0.4, -0.2) is 4.98 Å². The number of aromatic nitrogens is 1. The molecule has 1 aromatic heterocycles. The SMILES string of the molecule is FC(F)=Cc1cc2ccccc2[nH]1. The van der Waals surface area contributed by atoms with Crippen molar-refractivity contribution in [1.29, 1.82) is 0 Å². The van der Waals surface area contributed by atoms with Crippen LogP contribution in [0.1, 0.15) is 5.69 Å². The highest BCUT2D eigenvalue weighted by Gasteiger charge is 1.98. The molecule has 0 spiro atoms. The minimum Gasteiger partial charge on any atom is -0.355 e. The molecule has 0 saturated carbocycles. The number of hydrogen-bond donors (Lipinski definition) is 1. The van der Waals surface area contributed by atoms with Crippen LogP contribution < -0.4 is 0 Å². The maximum Gasteiger partial charge on any atom is 0.272 e. The molecule has 2 aromatic rings. The Morgan fingerprint density at radius 3 is 2.69 bits per heavy atom. The van der Waals surface area contributed by atoms with Gasteiger partial charge in [-0.1, -0.05) is 18.2 Å². The molecular weight excluding hydrogens is 172 g/mol. The highest BCUT2D eigenvalue weighted by atomic mass is 19.3. The fourth-order valence-corrected chi connectivity index (χ4v) is 1.29. The molecule has 0 aliphatic rings. The van der Waals surface area contributed by atoms with Crippen molar-refractivity contribution in [3.05, 3.63) is 42.1 Å². The van der Waals surface area contributed by atoms with E-state index in [4.69, 9.17) is 0 Å². The summed E-state index contributed by atoms with van der Waals surface area (Å²) in [6.07, 6.45) is -0.869. The third-order valence-corrected chi connectivity index (χ3v) is 1.82. The van der Waals surface area contributed by atoms with E-state index in [0.29, 0.717) is 5.69 Å². The quantitative estimate of drug-likeness (QED) is 0.690. The molecule has 0 aliphatic heterocycles. The van der Waals surface area contributed by atoms with Crippen LogP contribution in [0.15, 0.2) is 36.4 Å². The molecule has 1 aromatic carbocycles. The van der Waals surface area contributed by atoms with Crippen LogP contribution in [0.4, 0.5) is 8.78 Å². The third kappa shape index (κ3) is 1.59. The summed E-state index contributed by atoms with van der Waals surface area (Å²) in [4.78, 5) is 2.87. The Bertz CT molecular complexity index is 420. The second-order valence-electron chi connectivity index (χ2n) is 2.75. The van der Waals surface area contributed by atoms with Crippen molar-refractivity contribution >= 4 is 17.0 Å². The molecule has 0 radical (unpaired) electrons. The Morgan fingerprint density at radius 2 is 2.00 bits per heavy atom. The Kier molecular flexibility index (Phi) is 1.85. The summed E-state index contributed by atoms with van der Waals surface area (Å²) in [5, 5.41) is 0.940. The van der Waals surface area contributed by atoms with Crippen molar-refractivity contribution in [3.8, 4) is 0 Å². The molecule has 0 aliphatic carbocycles. The molecule has 1 nitrogen and oxygen atoms in total. The van der Waals surface area contributed by atoms with Gasteiger partial charge in [0, 0.05) is 17.3 Å². The molecule has 13 heavy (non-hydrogen) atoms. The predicted octanol–water partition coefficient (Wildman–Crippen LogP) is 3.41. The van der Waals surface area contributed by atoms with Crippen molar-refractivity contribution in [2.75, 3.05) is 0 Å². The van der Waals surface area contributed by atoms with Gasteiger partial charge in [-0.2, -0.15) is 8.78 Å². The van der Waals surface area contributed by atoms with E-state index in [9.17, 15) is 8.78 Å². The van der Waals surface area contributed by atoms with E-state index in [1.165, 1.54) is 0 Å². The van der Waals surface area contributed by atoms with Gasteiger partial charge in [0.15, 0.2) is 0 Å². The summed E-state index contributed by atoms with van der Waals surface area (Å²) >= 11 is 0. The number of benzene rings is 1. The lowest BCUT2D eigenvalue weighted by atomic mass is 10.2. The highest BCUT2D eigenvalue weighted by Crippen LogP contribution is 2.17. The minimum atomic E-state index is -1.69. The summed E-state index contributed by atoms with van der Waals surface area (Å²) in [7, 11) is 0. The average Bonchev–Trinajstić information content (AvgIpc) is 2.44.